The van der Waals surface area contributed by atoms with Gasteiger partial charge in [-0.15, -0.1) is 0 Å². The number of ether oxygens (including phenoxy) is 1. The Morgan fingerprint density at radius 2 is 2.13 bits per heavy atom. The number of morpholine rings is 1. The zero-order chi connectivity index (χ0) is 16.4. The second-order valence-electron chi connectivity index (χ2n) is 5.77. The van der Waals surface area contributed by atoms with E-state index in [2.05, 4.69) is 11.5 Å². The number of carbonyl (C=O) groups excluding carboxylic acids is 2. The zero-order valence-electron chi connectivity index (χ0n) is 13.2. The number of benzene rings is 1. The molecule has 2 amide bonds. The van der Waals surface area contributed by atoms with E-state index in [1.165, 1.54) is 0 Å². The van der Waals surface area contributed by atoms with Gasteiger partial charge in [-0.05, 0) is 12.5 Å². The Morgan fingerprint density at radius 3 is 2.87 bits per heavy atom. The van der Waals surface area contributed by atoms with Crippen molar-refractivity contribution in [2.24, 2.45) is 5.73 Å². The van der Waals surface area contributed by atoms with Crippen molar-refractivity contribution >= 4 is 22.7 Å². The summed E-state index contributed by atoms with van der Waals surface area (Å²) in [6.07, 6.45) is 2.18. The first-order valence-electron chi connectivity index (χ1n) is 7.90. The molecule has 1 aliphatic rings. The van der Waals surface area contributed by atoms with Gasteiger partial charge < -0.3 is 19.9 Å². The molecule has 6 heteroatoms. The van der Waals surface area contributed by atoms with Crippen molar-refractivity contribution in [2.45, 2.75) is 26.0 Å². The average Bonchev–Trinajstić information content (AvgIpc) is 2.94. The molecule has 122 valence electrons. The lowest BCUT2D eigenvalue weighted by molar-refractivity contribution is -0.133. The third kappa shape index (κ3) is 2.94. The van der Waals surface area contributed by atoms with Gasteiger partial charge in [0.15, 0.2) is 6.10 Å². The summed E-state index contributed by atoms with van der Waals surface area (Å²) in [6, 6.07) is 7.88. The summed E-state index contributed by atoms with van der Waals surface area (Å²) < 4.78 is 7.42. The maximum absolute atomic E-state index is 12.9. The number of aromatic nitrogens is 1. The molecule has 0 saturated carbocycles. The summed E-state index contributed by atoms with van der Waals surface area (Å²) in [4.78, 5) is 25.9. The number of nitrogens with zero attached hydrogens (tertiary/aromatic N) is 2. The van der Waals surface area contributed by atoms with Crippen molar-refractivity contribution < 1.29 is 14.3 Å². The maximum Gasteiger partial charge on any atom is 0.256 e. The van der Waals surface area contributed by atoms with Gasteiger partial charge in [0, 0.05) is 30.2 Å². The third-order valence-corrected chi connectivity index (χ3v) is 4.15. The highest BCUT2D eigenvalue weighted by molar-refractivity contribution is 6.07. The lowest BCUT2D eigenvalue weighted by Gasteiger charge is -2.31. The fourth-order valence-corrected chi connectivity index (χ4v) is 3.02. The van der Waals surface area contributed by atoms with Crippen LogP contribution in [0.2, 0.25) is 0 Å². The fourth-order valence-electron chi connectivity index (χ4n) is 3.02. The smallest absolute Gasteiger partial charge is 0.256 e. The molecule has 23 heavy (non-hydrogen) atoms. The summed E-state index contributed by atoms with van der Waals surface area (Å²) >= 11 is 0. The third-order valence-electron chi connectivity index (χ3n) is 4.15. The van der Waals surface area contributed by atoms with Crippen LogP contribution in [0.4, 0.5) is 0 Å². The second kappa shape index (κ2) is 6.42. The van der Waals surface area contributed by atoms with E-state index in [-0.39, 0.29) is 12.5 Å². The molecule has 2 heterocycles. The second-order valence-corrected chi connectivity index (χ2v) is 5.77. The molecule has 1 unspecified atom stereocenters. The SMILES string of the molecule is CCCn1cc(C(=O)N2CCOC(C(N)=O)C2)c2ccccc21. The standard InChI is InChI=1S/C17H21N3O3/c1-2-7-19-10-13(12-5-3-4-6-14(12)19)17(22)20-8-9-23-15(11-20)16(18)21/h3-6,10,15H,2,7-9,11H2,1H3,(H2,18,21). The molecule has 0 spiro atoms. The Kier molecular flexibility index (Phi) is 4.34. The highest BCUT2D eigenvalue weighted by Gasteiger charge is 2.29. The van der Waals surface area contributed by atoms with E-state index < -0.39 is 12.0 Å². The number of fused-ring (bicyclic) bond motifs is 1. The first kappa shape index (κ1) is 15.6. The number of para-hydroxylation sites is 1. The monoisotopic (exact) mass is 315 g/mol. The van der Waals surface area contributed by atoms with E-state index in [0.717, 1.165) is 23.9 Å². The van der Waals surface area contributed by atoms with Gasteiger partial charge in [-0.25, -0.2) is 0 Å². The van der Waals surface area contributed by atoms with E-state index in [9.17, 15) is 9.59 Å². The van der Waals surface area contributed by atoms with E-state index in [4.69, 9.17) is 10.5 Å². The van der Waals surface area contributed by atoms with Gasteiger partial charge in [-0.3, -0.25) is 9.59 Å². The lowest BCUT2D eigenvalue weighted by atomic mass is 10.1. The number of hydrogen-bond donors (Lipinski definition) is 1. The van der Waals surface area contributed by atoms with Crippen LogP contribution in [0, 0.1) is 0 Å². The van der Waals surface area contributed by atoms with E-state index >= 15 is 0 Å². The first-order chi connectivity index (χ1) is 11.1. The van der Waals surface area contributed by atoms with Crippen molar-refractivity contribution in [3.05, 3.63) is 36.0 Å². The van der Waals surface area contributed by atoms with E-state index in [1.54, 1.807) is 4.90 Å². The Labute approximate surface area is 134 Å². The lowest BCUT2D eigenvalue weighted by Crippen LogP contribution is -2.50. The predicted octanol–water partition coefficient (Wildman–Crippen LogP) is 1.38. The van der Waals surface area contributed by atoms with Crippen molar-refractivity contribution in [1.29, 1.82) is 0 Å². The molecule has 0 bridgehead atoms. The van der Waals surface area contributed by atoms with Crippen LogP contribution < -0.4 is 5.73 Å². The zero-order valence-corrected chi connectivity index (χ0v) is 13.2. The van der Waals surface area contributed by atoms with E-state index in [0.29, 0.717) is 18.7 Å². The summed E-state index contributed by atoms with van der Waals surface area (Å²) in [6.45, 7) is 3.97. The van der Waals surface area contributed by atoms with Crippen LogP contribution in [0.1, 0.15) is 23.7 Å². The number of primary amides is 1. The van der Waals surface area contributed by atoms with Crippen LogP contribution in [0.25, 0.3) is 10.9 Å². The largest absolute Gasteiger partial charge is 0.367 e. The Hall–Kier alpha value is -2.34. The van der Waals surface area contributed by atoms with Crippen molar-refractivity contribution in [3.8, 4) is 0 Å². The van der Waals surface area contributed by atoms with Crippen LogP contribution in [0.15, 0.2) is 30.5 Å². The molecule has 1 aliphatic heterocycles. The van der Waals surface area contributed by atoms with Gasteiger partial charge >= 0.3 is 0 Å². The summed E-state index contributed by atoms with van der Waals surface area (Å²) in [5.74, 6) is -0.610. The van der Waals surface area contributed by atoms with Crippen LogP contribution in [0.5, 0.6) is 0 Å². The number of hydrogen-bond acceptors (Lipinski definition) is 3. The minimum Gasteiger partial charge on any atom is -0.367 e. The molecule has 0 aliphatic carbocycles. The van der Waals surface area contributed by atoms with Gasteiger partial charge in [-0.1, -0.05) is 25.1 Å². The highest BCUT2D eigenvalue weighted by Crippen LogP contribution is 2.24. The number of rotatable bonds is 4. The normalized spacial score (nSPS) is 18.3. The number of aryl methyl sites for hydroxylation is 1. The molecular formula is C17H21N3O3. The van der Waals surface area contributed by atoms with Gasteiger partial charge in [0.1, 0.15) is 0 Å². The summed E-state index contributed by atoms with van der Waals surface area (Å²) in [5, 5.41) is 0.938. The number of amides is 2. The van der Waals surface area contributed by atoms with Crippen LogP contribution >= 0.6 is 0 Å². The quantitative estimate of drug-likeness (QED) is 0.926. The molecule has 1 saturated heterocycles. The summed E-state index contributed by atoms with van der Waals surface area (Å²) in [5.41, 5.74) is 7.02. The van der Waals surface area contributed by atoms with Crippen molar-refractivity contribution in [2.75, 3.05) is 19.7 Å². The molecule has 1 aromatic heterocycles. The minimum absolute atomic E-state index is 0.0781. The Balaban J connectivity index is 1.93. The van der Waals surface area contributed by atoms with Gasteiger partial charge in [0.2, 0.25) is 5.91 Å². The van der Waals surface area contributed by atoms with Crippen molar-refractivity contribution in [3.63, 3.8) is 0 Å². The molecule has 1 atom stereocenters. The minimum atomic E-state index is -0.725. The molecule has 3 rings (SSSR count). The fraction of sp³-hybridized carbons (Fsp3) is 0.412. The van der Waals surface area contributed by atoms with Gasteiger partial charge in [0.05, 0.1) is 18.7 Å². The van der Waals surface area contributed by atoms with E-state index in [1.807, 2.05) is 30.5 Å². The molecule has 1 fully saturated rings. The predicted molar refractivity (Wildman–Crippen MR) is 87.1 cm³/mol. The topological polar surface area (TPSA) is 77.6 Å². The number of nitrogens with two attached hydrogens (primary N) is 1. The van der Waals surface area contributed by atoms with Crippen LogP contribution in [-0.4, -0.2) is 47.1 Å². The maximum atomic E-state index is 12.9. The number of carbonyl (C=O) groups is 2. The highest BCUT2D eigenvalue weighted by atomic mass is 16.5. The van der Waals surface area contributed by atoms with Crippen molar-refractivity contribution in [1.82, 2.24) is 9.47 Å². The molecule has 1 aromatic carbocycles. The average molecular weight is 315 g/mol. The van der Waals surface area contributed by atoms with Crippen LogP contribution in [-0.2, 0) is 16.1 Å². The first-order valence-corrected chi connectivity index (χ1v) is 7.90. The molecule has 2 N–H and O–H groups in total. The Bertz CT molecular complexity index is 738. The molecular weight excluding hydrogens is 294 g/mol. The summed E-state index contributed by atoms with van der Waals surface area (Å²) in [7, 11) is 0. The van der Waals surface area contributed by atoms with Gasteiger partial charge in [0.25, 0.3) is 5.91 Å². The molecule has 0 radical (unpaired) electrons. The van der Waals surface area contributed by atoms with Crippen LogP contribution in [0.3, 0.4) is 0 Å². The molecule has 2 aromatic rings. The van der Waals surface area contributed by atoms with Gasteiger partial charge in [-0.2, -0.15) is 0 Å². The Morgan fingerprint density at radius 1 is 1.35 bits per heavy atom. The molecule has 6 nitrogen and oxygen atoms in total.